The molecule has 0 bridgehead atoms. The summed E-state index contributed by atoms with van der Waals surface area (Å²) in [4.78, 5) is 0. The Morgan fingerprint density at radius 1 is 0.900 bits per heavy atom. The van der Waals surface area contributed by atoms with Crippen LogP contribution in [-0.4, -0.2) is 0 Å². The number of benzene rings is 3. The van der Waals surface area contributed by atoms with Crippen molar-refractivity contribution in [2.24, 2.45) is 0 Å². The van der Waals surface area contributed by atoms with E-state index in [4.69, 9.17) is 16.3 Å². The van der Waals surface area contributed by atoms with Gasteiger partial charge in [0.15, 0.2) is 0 Å². The van der Waals surface area contributed by atoms with Crippen LogP contribution in [0.3, 0.4) is 0 Å². The van der Waals surface area contributed by atoms with Gasteiger partial charge in [0.1, 0.15) is 12.4 Å². The van der Waals surface area contributed by atoms with Crippen LogP contribution in [0.25, 0.3) is 10.8 Å². The summed E-state index contributed by atoms with van der Waals surface area (Å²) in [6.45, 7) is 0.463. The average molecular weight is 348 g/mol. The highest BCUT2D eigenvalue weighted by Crippen LogP contribution is 2.25. The molecule has 1 nitrogen and oxygen atoms in total. The third-order valence-electron chi connectivity index (χ3n) is 3.13. The summed E-state index contributed by atoms with van der Waals surface area (Å²) >= 11 is 9.57. The molecule has 0 fully saturated rings. The zero-order valence-electron chi connectivity index (χ0n) is 10.6. The van der Waals surface area contributed by atoms with Crippen molar-refractivity contribution in [2.45, 2.75) is 6.61 Å². The molecule has 0 aliphatic rings. The quantitative estimate of drug-likeness (QED) is 0.579. The third-order valence-corrected chi connectivity index (χ3v) is 3.98. The molecule has 0 unspecified atom stereocenters. The van der Waals surface area contributed by atoms with Crippen molar-refractivity contribution in [3.8, 4) is 5.75 Å². The molecule has 0 saturated carbocycles. The van der Waals surface area contributed by atoms with Crippen LogP contribution >= 0.6 is 27.5 Å². The predicted octanol–water partition coefficient (Wildman–Crippen LogP) is 5.83. The molecule has 0 N–H and O–H groups in total. The first-order chi connectivity index (χ1) is 9.72. The standard InChI is InChI=1S/C17H12BrClO/c18-15-7-5-14(17(19)10-15)11-20-16-8-6-12-3-1-2-4-13(12)9-16/h1-10H,11H2. The molecule has 20 heavy (non-hydrogen) atoms. The molecule has 0 saturated heterocycles. The number of ether oxygens (including phenoxy) is 1. The molecule has 3 rings (SSSR count). The van der Waals surface area contributed by atoms with Crippen LogP contribution in [0.4, 0.5) is 0 Å². The molecule has 0 aliphatic carbocycles. The summed E-state index contributed by atoms with van der Waals surface area (Å²) in [6, 6.07) is 20.1. The fourth-order valence-electron chi connectivity index (χ4n) is 2.06. The Balaban J connectivity index is 1.79. The van der Waals surface area contributed by atoms with Crippen molar-refractivity contribution in [2.75, 3.05) is 0 Å². The van der Waals surface area contributed by atoms with Gasteiger partial charge in [-0.2, -0.15) is 0 Å². The minimum Gasteiger partial charge on any atom is -0.489 e. The van der Waals surface area contributed by atoms with E-state index in [1.807, 2.05) is 42.5 Å². The Labute approximate surface area is 131 Å². The minimum absolute atomic E-state index is 0.463. The van der Waals surface area contributed by atoms with Gasteiger partial charge in [-0.15, -0.1) is 0 Å². The van der Waals surface area contributed by atoms with Gasteiger partial charge in [-0.1, -0.05) is 63.9 Å². The summed E-state index contributed by atoms with van der Waals surface area (Å²) in [5.41, 5.74) is 0.975. The van der Waals surface area contributed by atoms with Crippen LogP contribution in [0.2, 0.25) is 5.02 Å². The van der Waals surface area contributed by atoms with Gasteiger partial charge in [0.2, 0.25) is 0 Å². The van der Waals surface area contributed by atoms with Crippen molar-refractivity contribution < 1.29 is 4.74 Å². The molecule has 3 aromatic rings. The number of hydrogen-bond donors (Lipinski definition) is 0. The molecular formula is C17H12BrClO. The van der Waals surface area contributed by atoms with Gasteiger partial charge >= 0.3 is 0 Å². The second kappa shape index (κ2) is 5.86. The predicted molar refractivity (Wildman–Crippen MR) is 87.4 cm³/mol. The van der Waals surface area contributed by atoms with Crippen LogP contribution < -0.4 is 4.74 Å². The van der Waals surface area contributed by atoms with E-state index in [1.165, 1.54) is 10.8 Å². The van der Waals surface area contributed by atoms with E-state index >= 15 is 0 Å². The molecule has 0 spiro atoms. The first-order valence-electron chi connectivity index (χ1n) is 6.28. The molecule has 0 heterocycles. The van der Waals surface area contributed by atoms with Crippen molar-refractivity contribution in [3.05, 3.63) is 75.7 Å². The third kappa shape index (κ3) is 2.97. The van der Waals surface area contributed by atoms with Gasteiger partial charge in [-0.3, -0.25) is 0 Å². The van der Waals surface area contributed by atoms with Crippen molar-refractivity contribution >= 4 is 38.3 Å². The summed E-state index contributed by atoms with van der Waals surface area (Å²) in [5, 5.41) is 3.09. The maximum atomic E-state index is 6.18. The van der Waals surface area contributed by atoms with Gasteiger partial charge in [0.05, 0.1) is 0 Å². The van der Waals surface area contributed by atoms with Crippen molar-refractivity contribution in [1.29, 1.82) is 0 Å². The van der Waals surface area contributed by atoms with Crippen molar-refractivity contribution in [3.63, 3.8) is 0 Å². The van der Waals surface area contributed by atoms with Crippen LogP contribution in [0, 0.1) is 0 Å². The van der Waals surface area contributed by atoms with E-state index in [9.17, 15) is 0 Å². The Hall–Kier alpha value is -1.51. The summed E-state index contributed by atoms with van der Waals surface area (Å²) in [7, 11) is 0. The van der Waals surface area contributed by atoms with Gasteiger partial charge in [-0.05, 0) is 35.0 Å². The number of halogens is 2. The lowest BCUT2D eigenvalue weighted by atomic mass is 10.1. The van der Waals surface area contributed by atoms with Crippen molar-refractivity contribution in [1.82, 2.24) is 0 Å². The normalized spacial score (nSPS) is 10.7. The van der Waals surface area contributed by atoms with E-state index in [0.717, 1.165) is 15.8 Å². The Morgan fingerprint density at radius 3 is 2.50 bits per heavy atom. The zero-order chi connectivity index (χ0) is 13.9. The highest BCUT2D eigenvalue weighted by molar-refractivity contribution is 9.10. The SMILES string of the molecule is Clc1cc(Br)ccc1COc1ccc2ccccc2c1. The highest BCUT2D eigenvalue weighted by Gasteiger charge is 2.03. The van der Waals surface area contributed by atoms with E-state index in [1.54, 1.807) is 0 Å². The van der Waals surface area contributed by atoms with E-state index in [0.29, 0.717) is 11.6 Å². The zero-order valence-corrected chi connectivity index (χ0v) is 13.0. The van der Waals surface area contributed by atoms with Gasteiger partial charge < -0.3 is 4.74 Å². The Kier molecular flexibility index (Phi) is 3.95. The number of hydrogen-bond acceptors (Lipinski definition) is 1. The molecular weight excluding hydrogens is 336 g/mol. The van der Waals surface area contributed by atoms with Gasteiger partial charge in [0, 0.05) is 15.1 Å². The molecule has 0 atom stereocenters. The lowest BCUT2D eigenvalue weighted by Crippen LogP contribution is -1.96. The van der Waals surface area contributed by atoms with E-state index in [2.05, 4.69) is 34.1 Å². The smallest absolute Gasteiger partial charge is 0.120 e. The monoisotopic (exact) mass is 346 g/mol. The molecule has 0 aromatic heterocycles. The van der Waals surface area contributed by atoms with Crippen LogP contribution in [0.1, 0.15) is 5.56 Å². The average Bonchev–Trinajstić information content (AvgIpc) is 2.46. The van der Waals surface area contributed by atoms with Crippen LogP contribution in [0.15, 0.2) is 65.1 Å². The number of fused-ring (bicyclic) bond motifs is 1. The Bertz CT molecular complexity index is 755. The first-order valence-corrected chi connectivity index (χ1v) is 7.45. The minimum atomic E-state index is 0.463. The molecule has 0 aliphatic heterocycles. The highest BCUT2D eigenvalue weighted by atomic mass is 79.9. The Morgan fingerprint density at radius 2 is 1.70 bits per heavy atom. The summed E-state index contributed by atoms with van der Waals surface area (Å²) < 4.78 is 6.79. The number of rotatable bonds is 3. The van der Waals surface area contributed by atoms with Gasteiger partial charge in [-0.25, -0.2) is 0 Å². The van der Waals surface area contributed by atoms with Gasteiger partial charge in [0.25, 0.3) is 0 Å². The molecule has 0 amide bonds. The summed E-state index contributed by atoms with van der Waals surface area (Å²) in [6.07, 6.45) is 0. The maximum absolute atomic E-state index is 6.18. The first kappa shape index (κ1) is 13.5. The van der Waals surface area contributed by atoms with Crippen LogP contribution in [0.5, 0.6) is 5.75 Å². The topological polar surface area (TPSA) is 9.23 Å². The molecule has 3 heteroatoms. The fourth-order valence-corrected chi connectivity index (χ4v) is 2.78. The van der Waals surface area contributed by atoms with Crippen LogP contribution in [-0.2, 0) is 6.61 Å². The summed E-state index contributed by atoms with van der Waals surface area (Å²) in [5.74, 6) is 0.850. The fraction of sp³-hybridized carbons (Fsp3) is 0.0588. The largest absolute Gasteiger partial charge is 0.489 e. The second-order valence-corrected chi connectivity index (χ2v) is 5.86. The second-order valence-electron chi connectivity index (χ2n) is 4.53. The van der Waals surface area contributed by atoms with E-state index < -0.39 is 0 Å². The lowest BCUT2D eigenvalue weighted by Gasteiger charge is -2.09. The van der Waals surface area contributed by atoms with E-state index in [-0.39, 0.29) is 0 Å². The molecule has 100 valence electrons. The molecule has 0 radical (unpaired) electrons. The molecule has 3 aromatic carbocycles. The lowest BCUT2D eigenvalue weighted by molar-refractivity contribution is 0.306. The maximum Gasteiger partial charge on any atom is 0.120 e.